The smallest absolute Gasteiger partial charge is 0.187 e. The molecule has 1 aliphatic heterocycles. The molecular formula is C15H21N3O3S. The number of methoxy groups -OCH3 is 2. The lowest BCUT2D eigenvalue weighted by Gasteiger charge is -2.11. The molecule has 1 aromatic carbocycles. The van der Waals surface area contributed by atoms with Crippen molar-refractivity contribution >= 4 is 23.5 Å². The highest BCUT2D eigenvalue weighted by Crippen LogP contribution is 2.21. The van der Waals surface area contributed by atoms with E-state index in [0.717, 1.165) is 25.0 Å². The Labute approximate surface area is 135 Å². The first-order valence-corrected chi connectivity index (χ1v) is 7.53. The molecule has 6 nitrogen and oxygen atoms in total. The SMILES string of the molecule is COc1cc(/C=N\NC(=S)NC[C@H]2CCCO2)cc(OC)c1. The standard InChI is InChI=1S/C15H21N3O3S/c1-19-13-6-11(7-14(8-13)20-2)9-17-18-15(22)16-10-12-4-3-5-21-12/h6-9,12H,3-5,10H2,1-2H3,(H2,16,18,22)/b17-9-/t12-/m1/s1. The zero-order valence-electron chi connectivity index (χ0n) is 12.8. The highest BCUT2D eigenvalue weighted by atomic mass is 32.1. The minimum atomic E-state index is 0.242. The molecular weight excluding hydrogens is 302 g/mol. The molecule has 0 unspecified atom stereocenters. The second kappa shape index (κ2) is 8.55. The molecule has 1 fully saturated rings. The van der Waals surface area contributed by atoms with Gasteiger partial charge in [-0.25, -0.2) is 0 Å². The summed E-state index contributed by atoms with van der Waals surface area (Å²) in [5.41, 5.74) is 3.64. The Kier molecular flexibility index (Phi) is 6.42. The van der Waals surface area contributed by atoms with Crippen LogP contribution in [-0.2, 0) is 4.74 Å². The maximum Gasteiger partial charge on any atom is 0.187 e. The minimum Gasteiger partial charge on any atom is -0.497 e. The van der Waals surface area contributed by atoms with E-state index in [1.54, 1.807) is 26.5 Å². The number of ether oxygens (including phenoxy) is 3. The second-order valence-corrected chi connectivity index (χ2v) is 5.27. The van der Waals surface area contributed by atoms with Gasteiger partial charge < -0.3 is 19.5 Å². The first kappa shape index (κ1) is 16.5. The van der Waals surface area contributed by atoms with Gasteiger partial charge in [-0.1, -0.05) is 0 Å². The molecule has 2 N–H and O–H groups in total. The topological polar surface area (TPSA) is 64.1 Å². The van der Waals surface area contributed by atoms with Gasteiger partial charge in [0.25, 0.3) is 0 Å². The van der Waals surface area contributed by atoms with Gasteiger partial charge in [-0.2, -0.15) is 5.10 Å². The largest absolute Gasteiger partial charge is 0.497 e. The lowest BCUT2D eigenvalue weighted by atomic mass is 10.2. The number of thiocarbonyl (C=S) groups is 1. The van der Waals surface area contributed by atoms with Crippen molar-refractivity contribution in [1.29, 1.82) is 0 Å². The van der Waals surface area contributed by atoms with Crippen LogP contribution in [0.5, 0.6) is 11.5 Å². The number of hydrogen-bond donors (Lipinski definition) is 2. The van der Waals surface area contributed by atoms with Crippen LogP contribution in [0.1, 0.15) is 18.4 Å². The predicted octanol–water partition coefficient (Wildman–Crippen LogP) is 1.68. The Morgan fingerprint density at radius 1 is 1.36 bits per heavy atom. The number of rotatable bonds is 6. The minimum absolute atomic E-state index is 0.242. The molecule has 1 aromatic rings. The van der Waals surface area contributed by atoms with E-state index in [9.17, 15) is 0 Å². The van der Waals surface area contributed by atoms with Crippen LogP contribution in [0, 0.1) is 0 Å². The highest BCUT2D eigenvalue weighted by Gasteiger charge is 2.14. The molecule has 7 heteroatoms. The third kappa shape index (κ3) is 5.16. The summed E-state index contributed by atoms with van der Waals surface area (Å²) in [5, 5.41) is 7.67. The number of benzene rings is 1. The van der Waals surface area contributed by atoms with E-state index in [1.165, 1.54) is 0 Å². The van der Waals surface area contributed by atoms with Gasteiger partial charge >= 0.3 is 0 Å². The molecule has 1 saturated heterocycles. The zero-order chi connectivity index (χ0) is 15.8. The summed E-state index contributed by atoms with van der Waals surface area (Å²) in [7, 11) is 3.22. The van der Waals surface area contributed by atoms with Crippen LogP contribution in [0.3, 0.4) is 0 Å². The van der Waals surface area contributed by atoms with Crippen molar-refractivity contribution < 1.29 is 14.2 Å². The number of hydrogen-bond acceptors (Lipinski definition) is 5. The number of hydrazone groups is 1. The summed E-state index contributed by atoms with van der Waals surface area (Å²) < 4.78 is 15.9. The molecule has 0 radical (unpaired) electrons. The van der Waals surface area contributed by atoms with Crippen molar-refractivity contribution in [2.24, 2.45) is 5.10 Å². The first-order chi connectivity index (χ1) is 10.7. The summed E-state index contributed by atoms with van der Waals surface area (Å²) in [4.78, 5) is 0. The maximum absolute atomic E-state index is 5.51. The Bertz CT molecular complexity index is 509. The molecule has 0 amide bonds. The van der Waals surface area contributed by atoms with Crippen molar-refractivity contribution in [3.05, 3.63) is 23.8 Å². The van der Waals surface area contributed by atoms with Gasteiger partial charge in [0.1, 0.15) is 11.5 Å². The third-order valence-electron chi connectivity index (χ3n) is 3.27. The average molecular weight is 323 g/mol. The van der Waals surface area contributed by atoms with Crippen molar-refractivity contribution in [2.45, 2.75) is 18.9 Å². The molecule has 0 saturated carbocycles. The van der Waals surface area contributed by atoms with Gasteiger partial charge in [0.15, 0.2) is 5.11 Å². The maximum atomic E-state index is 5.51. The second-order valence-electron chi connectivity index (χ2n) is 4.86. The molecule has 0 bridgehead atoms. The van der Waals surface area contributed by atoms with Gasteiger partial charge in [-0.15, -0.1) is 0 Å². The molecule has 0 aliphatic carbocycles. The molecule has 1 aliphatic rings. The molecule has 0 spiro atoms. The Morgan fingerprint density at radius 3 is 2.68 bits per heavy atom. The van der Waals surface area contributed by atoms with E-state index >= 15 is 0 Å². The van der Waals surface area contributed by atoms with E-state index in [2.05, 4.69) is 15.8 Å². The van der Waals surface area contributed by atoms with Crippen molar-refractivity contribution in [3.63, 3.8) is 0 Å². The predicted molar refractivity (Wildman–Crippen MR) is 89.9 cm³/mol. The lowest BCUT2D eigenvalue weighted by molar-refractivity contribution is 0.114. The fourth-order valence-electron chi connectivity index (χ4n) is 2.12. The molecule has 1 atom stereocenters. The van der Waals surface area contributed by atoms with E-state index in [0.29, 0.717) is 23.2 Å². The van der Waals surface area contributed by atoms with Crippen molar-refractivity contribution in [3.8, 4) is 11.5 Å². The van der Waals surface area contributed by atoms with Crippen LogP contribution in [0.15, 0.2) is 23.3 Å². The van der Waals surface area contributed by atoms with Crippen LogP contribution >= 0.6 is 12.2 Å². The summed E-state index contributed by atoms with van der Waals surface area (Å²) in [6.45, 7) is 1.54. The van der Waals surface area contributed by atoms with Gasteiger partial charge in [-0.3, -0.25) is 5.43 Å². The summed E-state index contributed by atoms with van der Waals surface area (Å²) in [5.74, 6) is 1.42. The van der Waals surface area contributed by atoms with Crippen molar-refractivity contribution in [2.75, 3.05) is 27.4 Å². The lowest BCUT2D eigenvalue weighted by Crippen LogP contribution is -2.37. The number of nitrogens with one attached hydrogen (secondary N) is 2. The Morgan fingerprint density at radius 2 is 2.09 bits per heavy atom. The molecule has 120 valence electrons. The average Bonchev–Trinajstić information content (AvgIpc) is 3.06. The van der Waals surface area contributed by atoms with Crippen LogP contribution in [-0.4, -0.2) is 44.8 Å². The normalized spacial score (nSPS) is 17.5. The van der Waals surface area contributed by atoms with Crippen LogP contribution in [0.25, 0.3) is 0 Å². The molecule has 0 aromatic heterocycles. The fourth-order valence-corrected chi connectivity index (χ4v) is 2.26. The number of nitrogens with zero attached hydrogens (tertiary/aromatic N) is 1. The Hall–Kier alpha value is -1.86. The van der Waals surface area contributed by atoms with E-state index in [1.807, 2.05) is 12.1 Å². The van der Waals surface area contributed by atoms with Crippen LogP contribution in [0.4, 0.5) is 0 Å². The highest BCUT2D eigenvalue weighted by molar-refractivity contribution is 7.80. The Balaban J connectivity index is 1.82. The summed E-state index contributed by atoms with van der Waals surface area (Å²) >= 11 is 5.16. The van der Waals surface area contributed by atoms with E-state index < -0.39 is 0 Å². The van der Waals surface area contributed by atoms with Crippen LogP contribution in [0.2, 0.25) is 0 Å². The van der Waals surface area contributed by atoms with E-state index in [-0.39, 0.29) is 6.10 Å². The van der Waals surface area contributed by atoms with Crippen molar-refractivity contribution in [1.82, 2.24) is 10.7 Å². The van der Waals surface area contributed by atoms with Crippen LogP contribution < -0.4 is 20.2 Å². The van der Waals surface area contributed by atoms with E-state index in [4.69, 9.17) is 26.4 Å². The molecule has 1 heterocycles. The molecule has 2 rings (SSSR count). The van der Waals surface area contributed by atoms with Gasteiger partial charge in [0, 0.05) is 24.8 Å². The quantitative estimate of drug-likeness (QED) is 0.472. The monoisotopic (exact) mass is 323 g/mol. The summed E-state index contributed by atoms with van der Waals surface area (Å²) in [6, 6.07) is 5.52. The van der Waals surface area contributed by atoms with Gasteiger partial charge in [0.05, 0.1) is 26.5 Å². The summed E-state index contributed by atoms with van der Waals surface area (Å²) in [6.07, 6.45) is 4.09. The third-order valence-corrected chi connectivity index (χ3v) is 3.50. The fraction of sp³-hybridized carbons (Fsp3) is 0.467. The zero-order valence-corrected chi connectivity index (χ0v) is 13.6. The molecule has 22 heavy (non-hydrogen) atoms. The first-order valence-electron chi connectivity index (χ1n) is 7.13. The van der Waals surface area contributed by atoms with Gasteiger partial charge in [-0.05, 0) is 37.2 Å². The van der Waals surface area contributed by atoms with Gasteiger partial charge in [0.2, 0.25) is 0 Å².